The van der Waals surface area contributed by atoms with Crippen LogP contribution in [0.2, 0.25) is 0 Å². The molecule has 1 saturated heterocycles. The minimum Gasteiger partial charge on any atom is -0.453 e. The van der Waals surface area contributed by atoms with Gasteiger partial charge in [0.1, 0.15) is 22.9 Å². The van der Waals surface area contributed by atoms with E-state index in [1.165, 1.54) is 13.2 Å². The molecule has 1 fully saturated rings. The number of amides is 1. The van der Waals surface area contributed by atoms with Crippen LogP contribution < -0.4 is 10.2 Å². The highest BCUT2D eigenvalue weighted by Crippen LogP contribution is 2.30. The molecule has 10 nitrogen and oxygen atoms in total. The summed E-state index contributed by atoms with van der Waals surface area (Å²) in [6.07, 6.45) is 2.43. The van der Waals surface area contributed by atoms with E-state index in [1.807, 2.05) is 31.4 Å². The number of hydrogen-bond donors (Lipinski definition) is 1. The molecule has 0 bridgehead atoms. The first-order valence-corrected chi connectivity index (χ1v) is 12.3. The SMILES string of the molecule is COC(=O)N1CCN(c2ccc(Nc3ncc(F)c(-c4cc(F)c5nc(C)n(C(C)C)c5c4)n3)nc2)CC1. The van der Waals surface area contributed by atoms with Crippen LogP contribution in [-0.4, -0.2) is 68.8 Å². The minimum absolute atomic E-state index is 0.0300. The number of ether oxygens (including phenoxy) is 1. The minimum atomic E-state index is -0.670. The first kappa shape index (κ1) is 25.3. The van der Waals surface area contributed by atoms with Crippen molar-refractivity contribution in [1.29, 1.82) is 0 Å². The largest absolute Gasteiger partial charge is 0.453 e. The number of aryl methyl sites for hydroxylation is 1. The Morgan fingerprint density at radius 2 is 1.79 bits per heavy atom. The number of nitrogens with zero attached hydrogens (tertiary/aromatic N) is 7. The number of fused-ring (bicyclic) bond motifs is 1. The highest BCUT2D eigenvalue weighted by atomic mass is 19.1. The lowest BCUT2D eigenvalue weighted by Gasteiger charge is -2.35. The van der Waals surface area contributed by atoms with E-state index in [0.717, 1.165) is 11.9 Å². The first-order valence-electron chi connectivity index (χ1n) is 12.3. The molecule has 4 heterocycles. The topological polar surface area (TPSA) is 101 Å². The summed E-state index contributed by atoms with van der Waals surface area (Å²) in [6, 6.07) is 6.64. The van der Waals surface area contributed by atoms with Crippen molar-refractivity contribution in [2.45, 2.75) is 26.8 Å². The van der Waals surface area contributed by atoms with Crippen molar-refractivity contribution in [2.24, 2.45) is 0 Å². The molecule has 0 saturated carbocycles. The number of halogens is 2. The second kappa shape index (κ2) is 10.2. The zero-order valence-corrected chi connectivity index (χ0v) is 21.6. The van der Waals surface area contributed by atoms with E-state index in [2.05, 4.69) is 30.2 Å². The summed E-state index contributed by atoms with van der Waals surface area (Å²) in [6.45, 7) is 8.20. The predicted molar refractivity (Wildman–Crippen MR) is 140 cm³/mol. The lowest BCUT2D eigenvalue weighted by Crippen LogP contribution is -2.48. The molecular formula is C26H28F2N8O2. The number of imidazole rings is 1. The van der Waals surface area contributed by atoms with Crippen LogP contribution in [0.4, 0.5) is 31.0 Å². The van der Waals surface area contributed by atoms with E-state index in [-0.39, 0.29) is 34.9 Å². The van der Waals surface area contributed by atoms with Crippen molar-refractivity contribution in [2.75, 3.05) is 43.5 Å². The fraction of sp³-hybridized carbons (Fsp3) is 0.346. The highest BCUT2D eigenvalue weighted by molar-refractivity contribution is 5.83. The number of carbonyl (C=O) groups is 1. The summed E-state index contributed by atoms with van der Waals surface area (Å²) in [7, 11) is 1.37. The van der Waals surface area contributed by atoms with Crippen molar-refractivity contribution >= 4 is 34.6 Å². The van der Waals surface area contributed by atoms with Gasteiger partial charge in [-0.25, -0.2) is 33.5 Å². The van der Waals surface area contributed by atoms with Crippen LogP contribution in [0.3, 0.4) is 0 Å². The first-order chi connectivity index (χ1) is 18.2. The molecule has 198 valence electrons. The number of pyridine rings is 1. The number of methoxy groups -OCH3 is 1. The zero-order chi connectivity index (χ0) is 27.0. The van der Waals surface area contributed by atoms with E-state index < -0.39 is 11.6 Å². The van der Waals surface area contributed by atoms with Crippen LogP contribution in [0.15, 0.2) is 36.7 Å². The second-order valence-electron chi connectivity index (χ2n) is 9.31. The van der Waals surface area contributed by atoms with Crippen LogP contribution in [0.1, 0.15) is 25.7 Å². The number of carbonyl (C=O) groups excluding carboxylic acids is 1. The Bertz CT molecular complexity index is 1480. The van der Waals surface area contributed by atoms with Crippen LogP contribution in [0, 0.1) is 18.6 Å². The third-order valence-corrected chi connectivity index (χ3v) is 6.52. The van der Waals surface area contributed by atoms with Gasteiger partial charge in [-0.1, -0.05) is 0 Å². The lowest BCUT2D eigenvalue weighted by molar-refractivity contribution is 0.121. The number of piperazine rings is 1. The Kier molecular flexibility index (Phi) is 6.79. The van der Waals surface area contributed by atoms with Gasteiger partial charge in [0.05, 0.1) is 30.7 Å². The Labute approximate surface area is 218 Å². The van der Waals surface area contributed by atoms with E-state index in [4.69, 9.17) is 4.74 Å². The van der Waals surface area contributed by atoms with E-state index >= 15 is 0 Å². The average molecular weight is 523 g/mol. The van der Waals surface area contributed by atoms with Crippen LogP contribution in [0.5, 0.6) is 0 Å². The van der Waals surface area contributed by atoms with Gasteiger partial charge in [0.2, 0.25) is 5.95 Å². The molecular weight excluding hydrogens is 494 g/mol. The Hall–Kier alpha value is -4.35. The molecule has 1 N–H and O–H groups in total. The quantitative estimate of drug-likeness (QED) is 0.403. The maximum Gasteiger partial charge on any atom is 0.409 e. The Balaban J connectivity index is 1.36. The third-order valence-electron chi connectivity index (χ3n) is 6.52. The molecule has 1 amide bonds. The summed E-state index contributed by atoms with van der Waals surface area (Å²) in [5, 5.41) is 2.99. The molecule has 0 aliphatic carbocycles. The summed E-state index contributed by atoms with van der Waals surface area (Å²) >= 11 is 0. The van der Waals surface area contributed by atoms with E-state index in [1.54, 1.807) is 23.2 Å². The number of aromatic nitrogens is 5. The molecule has 38 heavy (non-hydrogen) atoms. The number of rotatable bonds is 5. The van der Waals surface area contributed by atoms with Gasteiger partial charge in [-0.3, -0.25) is 0 Å². The van der Waals surface area contributed by atoms with Gasteiger partial charge in [-0.05, 0) is 45.0 Å². The molecule has 4 aromatic rings. The van der Waals surface area contributed by atoms with E-state index in [9.17, 15) is 13.6 Å². The highest BCUT2D eigenvalue weighted by Gasteiger charge is 2.22. The molecule has 0 atom stereocenters. The van der Waals surface area contributed by atoms with Gasteiger partial charge in [-0.2, -0.15) is 0 Å². The van der Waals surface area contributed by atoms with Crippen molar-refractivity contribution in [3.63, 3.8) is 0 Å². The van der Waals surface area contributed by atoms with Gasteiger partial charge < -0.3 is 24.4 Å². The lowest BCUT2D eigenvalue weighted by atomic mass is 10.1. The van der Waals surface area contributed by atoms with Crippen molar-refractivity contribution < 1.29 is 18.3 Å². The molecule has 1 aliphatic rings. The van der Waals surface area contributed by atoms with Gasteiger partial charge >= 0.3 is 6.09 Å². The molecule has 1 aromatic carbocycles. The zero-order valence-electron chi connectivity index (χ0n) is 21.6. The second-order valence-corrected chi connectivity index (χ2v) is 9.31. The maximum atomic E-state index is 14.9. The fourth-order valence-corrected chi connectivity index (χ4v) is 4.73. The smallest absolute Gasteiger partial charge is 0.409 e. The van der Waals surface area contributed by atoms with Crippen LogP contribution >= 0.6 is 0 Å². The molecule has 5 rings (SSSR count). The van der Waals surface area contributed by atoms with Gasteiger partial charge in [-0.15, -0.1) is 0 Å². The normalized spacial score (nSPS) is 13.9. The number of hydrogen-bond acceptors (Lipinski definition) is 8. The third kappa shape index (κ3) is 4.81. The standard InChI is InChI=1S/C26H28F2N8O2/c1-15(2)36-16(3)31-24-19(27)11-17(12-21(24)36)23-20(28)14-30-25(33-23)32-22-6-5-18(13-29-22)34-7-9-35(10-8-34)26(37)38-4/h5-6,11-15H,7-10H2,1-4H3,(H,29,30,32,33). The van der Waals surface area contributed by atoms with Crippen LogP contribution in [-0.2, 0) is 4.74 Å². The monoisotopic (exact) mass is 522 g/mol. The Morgan fingerprint density at radius 3 is 2.45 bits per heavy atom. The summed E-state index contributed by atoms with van der Waals surface area (Å²) in [4.78, 5) is 32.6. The van der Waals surface area contributed by atoms with Gasteiger partial charge in [0.15, 0.2) is 11.6 Å². The fourth-order valence-electron chi connectivity index (χ4n) is 4.73. The molecule has 0 spiro atoms. The number of benzene rings is 1. The summed E-state index contributed by atoms with van der Waals surface area (Å²) in [5.41, 5.74) is 1.97. The Morgan fingerprint density at radius 1 is 1.03 bits per heavy atom. The van der Waals surface area contributed by atoms with Gasteiger partial charge in [0, 0.05) is 37.8 Å². The number of anilines is 3. The van der Waals surface area contributed by atoms with E-state index in [0.29, 0.717) is 43.3 Å². The van der Waals surface area contributed by atoms with Crippen molar-refractivity contribution in [3.05, 3.63) is 54.1 Å². The van der Waals surface area contributed by atoms with Crippen LogP contribution in [0.25, 0.3) is 22.3 Å². The molecule has 0 radical (unpaired) electrons. The predicted octanol–water partition coefficient (Wildman–Crippen LogP) is 4.69. The molecule has 3 aromatic heterocycles. The molecule has 12 heteroatoms. The molecule has 0 unspecified atom stereocenters. The van der Waals surface area contributed by atoms with Crippen molar-refractivity contribution in [3.8, 4) is 11.3 Å². The summed E-state index contributed by atoms with van der Waals surface area (Å²) < 4.78 is 36.4. The average Bonchev–Trinajstić information content (AvgIpc) is 3.26. The number of nitrogens with one attached hydrogen (secondary N) is 1. The van der Waals surface area contributed by atoms with Gasteiger partial charge in [0.25, 0.3) is 0 Å². The maximum absolute atomic E-state index is 14.9. The van der Waals surface area contributed by atoms with Crippen molar-refractivity contribution in [1.82, 2.24) is 29.4 Å². The summed E-state index contributed by atoms with van der Waals surface area (Å²) in [5.74, 6) is 0.0571. The molecule has 1 aliphatic heterocycles.